The lowest BCUT2D eigenvalue weighted by molar-refractivity contribution is 0.615. The summed E-state index contributed by atoms with van der Waals surface area (Å²) < 4.78 is 0. The van der Waals surface area contributed by atoms with Crippen LogP contribution < -0.4 is 5.73 Å². The molecule has 2 aromatic rings. The van der Waals surface area contributed by atoms with E-state index in [0.717, 1.165) is 0 Å². The fourth-order valence-electron chi connectivity index (χ4n) is 3.05. The first kappa shape index (κ1) is 13.4. The Bertz CT molecular complexity index is 556. The zero-order valence-electron chi connectivity index (χ0n) is 12.3. The van der Waals surface area contributed by atoms with Crippen molar-refractivity contribution in [3.63, 3.8) is 0 Å². The van der Waals surface area contributed by atoms with Crippen molar-refractivity contribution >= 4 is 0 Å². The van der Waals surface area contributed by atoms with Crippen LogP contribution in [0, 0.1) is 5.92 Å². The van der Waals surface area contributed by atoms with Gasteiger partial charge >= 0.3 is 0 Å². The van der Waals surface area contributed by atoms with Crippen LogP contribution in [-0.4, -0.2) is 0 Å². The van der Waals surface area contributed by atoms with Gasteiger partial charge in [0.2, 0.25) is 0 Å². The van der Waals surface area contributed by atoms with Gasteiger partial charge in [0, 0.05) is 6.04 Å². The minimum atomic E-state index is 0.168. The van der Waals surface area contributed by atoms with Crippen LogP contribution >= 0.6 is 0 Å². The van der Waals surface area contributed by atoms with E-state index in [4.69, 9.17) is 5.73 Å². The van der Waals surface area contributed by atoms with Gasteiger partial charge in [-0.1, -0.05) is 68.4 Å². The van der Waals surface area contributed by atoms with Crippen LogP contribution in [0.2, 0.25) is 0 Å². The van der Waals surface area contributed by atoms with Crippen LogP contribution in [0.4, 0.5) is 0 Å². The van der Waals surface area contributed by atoms with Gasteiger partial charge in [0.05, 0.1) is 0 Å². The predicted octanol–water partition coefficient (Wildman–Crippen LogP) is 4.61. The minimum absolute atomic E-state index is 0.168. The molecule has 1 aliphatic carbocycles. The summed E-state index contributed by atoms with van der Waals surface area (Å²) in [5.74, 6) is 1.83. The summed E-state index contributed by atoms with van der Waals surface area (Å²) in [6.07, 6.45) is 1.22. The molecule has 3 unspecified atom stereocenters. The molecule has 0 spiro atoms. The minimum Gasteiger partial charge on any atom is -0.324 e. The van der Waals surface area contributed by atoms with Crippen LogP contribution in [-0.2, 0) is 0 Å². The fraction of sp³-hybridized carbons (Fsp3) is 0.368. The van der Waals surface area contributed by atoms with Crippen molar-refractivity contribution in [3.8, 4) is 0 Å². The van der Waals surface area contributed by atoms with Gasteiger partial charge in [-0.15, -0.1) is 0 Å². The van der Waals surface area contributed by atoms with Crippen LogP contribution in [0.25, 0.3) is 0 Å². The Labute approximate surface area is 121 Å². The molecule has 0 bridgehead atoms. The molecule has 1 nitrogen and oxygen atoms in total. The Morgan fingerprint density at radius 2 is 1.50 bits per heavy atom. The molecule has 2 N–H and O–H groups in total. The summed E-state index contributed by atoms with van der Waals surface area (Å²) in [7, 11) is 0. The molecule has 1 aliphatic rings. The third-order valence-electron chi connectivity index (χ3n) is 4.52. The SMILES string of the molecule is CC(C)c1ccc(C(N)C2CC2c2ccccc2)cc1. The molecule has 0 amide bonds. The van der Waals surface area contributed by atoms with E-state index in [-0.39, 0.29) is 6.04 Å². The third kappa shape index (κ3) is 2.64. The van der Waals surface area contributed by atoms with E-state index >= 15 is 0 Å². The predicted molar refractivity (Wildman–Crippen MR) is 84.7 cm³/mol. The maximum absolute atomic E-state index is 6.45. The molecule has 104 valence electrons. The van der Waals surface area contributed by atoms with E-state index in [9.17, 15) is 0 Å². The molecule has 0 saturated heterocycles. The highest BCUT2D eigenvalue weighted by molar-refractivity contribution is 5.32. The first-order chi connectivity index (χ1) is 9.66. The summed E-state index contributed by atoms with van der Waals surface area (Å²) in [6, 6.07) is 19.8. The van der Waals surface area contributed by atoms with Gasteiger partial charge in [-0.25, -0.2) is 0 Å². The van der Waals surface area contributed by atoms with Crippen molar-refractivity contribution in [1.82, 2.24) is 0 Å². The molecule has 3 rings (SSSR count). The highest BCUT2D eigenvalue weighted by atomic mass is 14.7. The average Bonchev–Trinajstić information content (AvgIpc) is 3.28. The standard InChI is InChI=1S/C19H23N/c1-13(2)14-8-10-16(11-9-14)19(20)18-12-17(18)15-6-4-3-5-7-15/h3-11,13,17-19H,12,20H2,1-2H3. The second-order valence-corrected chi connectivity index (χ2v) is 6.26. The van der Waals surface area contributed by atoms with Crippen LogP contribution in [0.1, 0.15) is 54.8 Å². The number of nitrogens with two attached hydrogens (primary N) is 1. The first-order valence-electron chi connectivity index (χ1n) is 7.57. The molecule has 1 fully saturated rings. The molecule has 3 atom stereocenters. The number of benzene rings is 2. The Morgan fingerprint density at radius 3 is 2.10 bits per heavy atom. The van der Waals surface area contributed by atoms with Crippen molar-refractivity contribution in [3.05, 3.63) is 71.3 Å². The van der Waals surface area contributed by atoms with E-state index in [1.165, 1.54) is 23.1 Å². The second-order valence-electron chi connectivity index (χ2n) is 6.26. The zero-order valence-corrected chi connectivity index (χ0v) is 12.3. The maximum Gasteiger partial charge on any atom is 0.0329 e. The van der Waals surface area contributed by atoms with E-state index in [1.54, 1.807) is 0 Å². The molecule has 20 heavy (non-hydrogen) atoms. The lowest BCUT2D eigenvalue weighted by atomic mass is 9.96. The van der Waals surface area contributed by atoms with Gasteiger partial charge in [0.1, 0.15) is 0 Å². The molecular formula is C19H23N. The highest BCUT2D eigenvalue weighted by Crippen LogP contribution is 2.53. The van der Waals surface area contributed by atoms with E-state index in [2.05, 4.69) is 68.4 Å². The van der Waals surface area contributed by atoms with E-state index in [0.29, 0.717) is 17.8 Å². The highest BCUT2D eigenvalue weighted by Gasteiger charge is 2.42. The Hall–Kier alpha value is -1.60. The summed E-state index contributed by atoms with van der Waals surface area (Å²) in [5, 5.41) is 0. The molecule has 0 aromatic heterocycles. The normalized spacial score (nSPS) is 22.8. The first-order valence-corrected chi connectivity index (χ1v) is 7.57. The van der Waals surface area contributed by atoms with Gasteiger partial charge in [0.15, 0.2) is 0 Å². The average molecular weight is 265 g/mol. The van der Waals surface area contributed by atoms with Gasteiger partial charge in [0.25, 0.3) is 0 Å². The summed E-state index contributed by atoms with van der Waals surface area (Å²) >= 11 is 0. The smallest absolute Gasteiger partial charge is 0.0329 e. The van der Waals surface area contributed by atoms with Gasteiger partial charge in [-0.3, -0.25) is 0 Å². The maximum atomic E-state index is 6.45. The summed E-state index contributed by atoms with van der Waals surface area (Å²) in [6.45, 7) is 4.45. The van der Waals surface area contributed by atoms with Crippen LogP contribution in [0.3, 0.4) is 0 Å². The molecule has 1 heteroatoms. The Morgan fingerprint density at radius 1 is 0.900 bits per heavy atom. The zero-order chi connectivity index (χ0) is 14.1. The Kier molecular flexibility index (Phi) is 3.62. The van der Waals surface area contributed by atoms with Crippen molar-refractivity contribution in [2.24, 2.45) is 11.7 Å². The van der Waals surface area contributed by atoms with Gasteiger partial charge in [-0.05, 0) is 40.9 Å². The second kappa shape index (κ2) is 5.41. The lowest BCUT2D eigenvalue weighted by Crippen LogP contribution is -2.13. The van der Waals surface area contributed by atoms with Crippen molar-refractivity contribution in [1.29, 1.82) is 0 Å². The fourth-order valence-corrected chi connectivity index (χ4v) is 3.05. The van der Waals surface area contributed by atoms with E-state index in [1.807, 2.05) is 0 Å². The van der Waals surface area contributed by atoms with Crippen LogP contribution in [0.5, 0.6) is 0 Å². The topological polar surface area (TPSA) is 26.0 Å². The van der Waals surface area contributed by atoms with Crippen molar-refractivity contribution in [2.75, 3.05) is 0 Å². The van der Waals surface area contributed by atoms with Crippen molar-refractivity contribution < 1.29 is 0 Å². The van der Waals surface area contributed by atoms with Crippen LogP contribution in [0.15, 0.2) is 54.6 Å². The third-order valence-corrected chi connectivity index (χ3v) is 4.52. The molecule has 2 aromatic carbocycles. The van der Waals surface area contributed by atoms with Gasteiger partial charge in [-0.2, -0.15) is 0 Å². The van der Waals surface area contributed by atoms with E-state index < -0.39 is 0 Å². The largest absolute Gasteiger partial charge is 0.324 e. The Balaban J connectivity index is 1.70. The number of rotatable bonds is 4. The summed E-state index contributed by atoms with van der Waals surface area (Å²) in [5.41, 5.74) is 10.6. The summed E-state index contributed by atoms with van der Waals surface area (Å²) in [4.78, 5) is 0. The molecule has 0 radical (unpaired) electrons. The van der Waals surface area contributed by atoms with Gasteiger partial charge < -0.3 is 5.73 Å². The number of hydrogen-bond donors (Lipinski definition) is 1. The monoisotopic (exact) mass is 265 g/mol. The lowest BCUT2D eigenvalue weighted by Gasteiger charge is -2.14. The quantitative estimate of drug-likeness (QED) is 0.858. The molecular weight excluding hydrogens is 242 g/mol. The van der Waals surface area contributed by atoms with Crippen molar-refractivity contribution in [2.45, 2.75) is 38.1 Å². The molecule has 0 heterocycles. The molecule has 1 saturated carbocycles. The number of hydrogen-bond acceptors (Lipinski definition) is 1. The molecule has 0 aliphatic heterocycles.